The Morgan fingerprint density at radius 1 is 1.19 bits per heavy atom. The molecular weight excluding hydrogens is 339 g/mol. The molecule has 0 saturated heterocycles. The maximum atomic E-state index is 13.4. The Bertz CT molecular complexity index is 1220. The summed E-state index contributed by atoms with van der Waals surface area (Å²) in [7, 11) is 0. The summed E-state index contributed by atoms with van der Waals surface area (Å²) in [6, 6.07) is 16.6. The van der Waals surface area contributed by atoms with Crippen LogP contribution in [0.15, 0.2) is 54.7 Å². The molecule has 2 heterocycles. The first kappa shape index (κ1) is 16.8. The van der Waals surface area contributed by atoms with Gasteiger partial charge < -0.3 is 9.55 Å². The van der Waals surface area contributed by atoms with E-state index in [0.717, 1.165) is 11.4 Å². The predicted molar refractivity (Wildman–Crippen MR) is 105 cm³/mol. The number of aromatic amines is 1. The first-order valence-corrected chi connectivity index (χ1v) is 8.58. The van der Waals surface area contributed by atoms with Crippen molar-refractivity contribution in [2.75, 3.05) is 0 Å². The second-order valence-electron chi connectivity index (χ2n) is 6.44. The monoisotopic (exact) mass is 356 g/mol. The highest BCUT2D eigenvalue weighted by molar-refractivity contribution is 5.90. The highest BCUT2D eigenvalue weighted by Gasteiger charge is 2.11. The zero-order chi connectivity index (χ0) is 19.0. The predicted octanol–water partition coefficient (Wildman–Crippen LogP) is 5.17. The van der Waals surface area contributed by atoms with Crippen molar-refractivity contribution in [2.24, 2.45) is 0 Å². The van der Waals surface area contributed by atoms with Gasteiger partial charge in [0.15, 0.2) is 0 Å². The number of imidazole rings is 1. The summed E-state index contributed by atoms with van der Waals surface area (Å²) in [5, 5.41) is 9.66. The number of H-pyrrole nitrogens is 1. The topological polar surface area (TPSA) is 57.4 Å². The molecule has 0 amide bonds. The van der Waals surface area contributed by atoms with Gasteiger partial charge in [-0.1, -0.05) is 12.1 Å². The van der Waals surface area contributed by atoms with Gasteiger partial charge in [-0.25, -0.2) is 9.37 Å². The lowest BCUT2D eigenvalue weighted by Gasteiger charge is -2.12. The summed E-state index contributed by atoms with van der Waals surface area (Å²) in [5.41, 5.74) is 5.89. The number of aromatic nitrogens is 3. The molecular formula is C22H17FN4. The Morgan fingerprint density at radius 2 is 2.04 bits per heavy atom. The molecule has 0 bridgehead atoms. The maximum Gasteiger partial charge on any atom is 0.149 e. The number of nitrogens with one attached hydrogen (secondary N) is 1. The third-order valence-corrected chi connectivity index (χ3v) is 4.73. The second-order valence-corrected chi connectivity index (χ2v) is 6.44. The van der Waals surface area contributed by atoms with Crippen LogP contribution in [0.2, 0.25) is 0 Å². The fourth-order valence-corrected chi connectivity index (χ4v) is 3.14. The highest BCUT2D eigenvalue weighted by Crippen LogP contribution is 2.24. The van der Waals surface area contributed by atoms with E-state index in [4.69, 9.17) is 0 Å². The third-order valence-electron chi connectivity index (χ3n) is 4.73. The van der Waals surface area contributed by atoms with Crippen molar-refractivity contribution in [3.8, 4) is 11.8 Å². The molecule has 132 valence electrons. The van der Waals surface area contributed by atoms with Crippen LogP contribution in [0.25, 0.3) is 28.4 Å². The van der Waals surface area contributed by atoms with Crippen LogP contribution in [-0.4, -0.2) is 14.5 Å². The normalized spacial score (nSPS) is 11.7. The number of fused-ring (bicyclic) bond motifs is 1. The van der Waals surface area contributed by atoms with Gasteiger partial charge in [0.1, 0.15) is 17.7 Å². The average Bonchev–Trinajstić information content (AvgIpc) is 3.28. The van der Waals surface area contributed by atoms with Crippen LogP contribution in [0.4, 0.5) is 4.39 Å². The van der Waals surface area contributed by atoms with Gasteiger partial charge in [0.25, 0.3) is 0 Å². The number of nitriles is 1. The molecule has 4 aromatic rings. The van der Waals surface area contributed by atoms with E-state index < -0.39 is 0 Å². The van der Waals surface area contributed by atoms with Gasteiger partial charge in [0.2, 0.25) is 0 Å². The van der Waals surface area contributed by atoms with Crippen molar-refractivity contribution in [2.45, 2.75) is 13.8 Å². The molecule has 0 aliphatic rings. The van der Waals surface area contributed by atoms with Crippen LogP contribution >= 0.6 is 0 Å². The number of aryl methyl sites for hydroxylation is 1. The Labute approximate surface area is 156 Å². The van der Waals surface area contributed by atoms with Crippen LogP contribution in [-0.2, 0) is 0 Å². The Hall–Kier alpha value is -3.65. The fraction of sp³-hybridized carbons (Fsp3) is 0.0909. The number of rotatable bonds is 3. The molecule has 0 fully saturated rings. The standard InChI is InChI=1S/C22H17FN4/c1-14-5-3-7-21(15(14)2)27-10-4-6-18(27)11-16(13-24)22-25-19-9-8-17(23)12-20(19)26-22/h3-12H,1-2H3,(H,25,26)/b16-11-. The number of benzene rings is 2. The molecule has 0 unspecified atom stereocenters. The van der Waals surface area contributed by atoms with Gasteiger partial charge in [-0.15, -0.1) is 0 Å². The fourth-order valence-electron chi connectivity index (χ4n) is 3.14. The summed E-state index contributed by atoms with van der Waals surface area (Å²) in [4.78, 5) is 7.45. The Morgan fingerprint density at radius 3 is 2.85 bits per heavy atom. The number of hydrogen-bond donors (Lipinski definition) is 1. The van der Waals surface area contributed by atoms with Gasteiger partial charge in [-0.2, -0.15) is 5.26 Å². The zero-order valence-electron chi connectivity index (χ0n) is 15.0. The Balaban J connectivity index is 1.81. The molecule has 4 rings (SSSR count). The van der Waals surface area contributed by atoms with Crippen LogP contribution in [0.1, 0.15) is 22.6 Å². The molecule has 0 atom stereocenters. The maximum absolute atomic E-state index is 13.4. The van der Waals surface area contributed by atoms with Gasteiger partial charge >= 0.3 is 0 Å². The minimum Gasteiger partial charge on any atom is -0.337 e. The van der Waals surface area contributed by atoms with E-state index >= 15 is 0 Å². The quantitative estimate of drug-likeness (QED) is 0.515. The van der Waals surface area contributed by atoms with Gasteiger partial charge in [-0.05, 0) is 67.4 Å². The largest absolute Gasteiger partial charge is 0.337 e. The molecule has 2 aromatic carbocycles. The molecule has 2 aromatic heterocycles. The summed E-state index contributed by atoms with van der Waals surface area (Å²) >= 11 is 0. The highest BCUT2D eigenvalue weighted by atomic mass is 19.1. The summed E-state index contributed by atoms with van der Waals surface area (Å²) in [5.74, 6) is 0.0794. The van der Waals surface area contributed by atoms with E-state index in [0.29, 0.717) is 22.4 Å². The van der Waals surface area contributed by atoms with Crippen molar-refractivity contribution >= 4 is 22.7 Å². The minimum absolute atomic E-state index is 0.344. The second kappa shape index (κ2) is 6.58. The first-order chi connectivity index (χ1) is 13.1. The lowest BCUT2D eigenvalue weighted by Crippen LogP contribution is -1.99. The number of nitrogens with zero attached hydrogens (tertiary/aromatic N) is 3. The molecule has 0 aliphatic carbocycles. The smallest absolute Gasteiger partial charge is 0.149 e. The number of halogens is 1. The molecule has 0 radical (unpaired) electrons. The van der Waals surface area contributed by atoms with Crippen molar-refractivity contribution in [3.05, 3.63) is 83.2 Å². The Kier molecular flexibility index (Phi) is 4.09. The molecule has 0 saturated carbocycles. The zero-order valence-corrected chi connectivity index (χ0v) is 15.0. The third kappa shape index (κ3) is 3.02. The average molecular weight is 356 g/mol. The van der Waals surface area contributed by atoms with E-state index in [-0.39, 0.29) is 5.82 Å². The van der Waals surface area contributed by atoms with Crippen LogP contribution in [0.3, 0.4) is 0 Å². The molecule has 0 spiro atoms. The number of hydrogen-bond acceptors (Lipinski definition) is 2. The first-order valence-electron chi connectivity index (χ1n) is 8.58. The van der Waals surface area contributed by atoms with Gasteiger partial charge in [0, 0.05) is 17.6 Å². The lowest BCUT2D eigenvalue weighted by molar-refractivity contribution is 0.629. The van der Waals surface area contributed by atoms with E-state index in [9.17, 15) is 9.65 Å². The summed E-state index contributed by atoms with van der Waals surface area (Å²) < 4.78 is 15.5. The lowest BCUT2D eigenvalue weighted by atomic mass is 10.1. The molecule has 1 N–H and O–H groups in total. The summed E-state index contributed by atoms with van der Waals surface area (Å²) in [6.07, 6.45) is 3.76. The van der Waals surface area contributed by atoms with Crippen LogP contribution < -0.4 is 0 Å². The summed E-state index contributed by atoms with van der Waals surface area (Å²) in [6.45, 7) is 4.16. The molecule has 27 heavy (non-hydrogen) atoms. The van der Waals surface area contributed by atoms with E-state index in [1.165, 1.54) is 23.3 Å². The van der Waals surface area contributed by atoms with Crippen molar-refractivity contribution in [1.82, 2.24) is 14.5 Å². The van der Waals surface area contributed by atoms with Gasteiger partial charge in [-0.3, -0.25) is 0 Å². The van der Waals surface area contributed by atoms with Crippen molar-refractivity contribution in [3.63, 3.8) is 0 Å². The van der Waals surface area contributed by atoms with Crippen molar-refractivity contribution in [1.29, 1.82) is 5.26 Å². The van der Waals surface area contributed by atoms with Crippen LogP contribution in [0.5, 0.6) is 0 Å². The molecule has 4 nitrogen and oxygen atoms in total. The molecule has 5 heteroatoms. The minimum atomic E-state index is -0.344. The van der Waals surface area contributed by atoms with Crippen molar-refractivity contribution < 1.29 is 4.39 Å². The van der Waals surface area contributed by atoms with Crippen LogP contribution in [0, 0.1) is 31.0 Å². The number of allylic oxidation sites excluding steroid dienone is 1. The van der Waals surface area contributed by atoms with Gasteiger partial charge in [0.05, 0.1) is 16.6 Å². The SMILES string of the molecule is Cc1cccc(-n2cccc2/C=C(/C#N)c2nc3ccc(F)cc3[nH]2)c1C. The molecule has 0 aliphatic heterocycles. The van der Waals surface area contributed by atoms with E-state index in [2.05, 4.69) is 42.0 Å². The van der Waals surface area contributed by atoms with E-state index in [1.807, 2.05) is 29.0 Å². The van der Waals surface area contributed by atoms with E-state index in [1.54, 1.807) is 12.1 Å².